The molecule has 1 atom stereocenters. The van der Waals surface area contributed by atoms with Gasteiger partial charge in [-0.1, -0.05) is 30.3 Å². The average Bonchev–Trinajstić information content (AvgIpc) is 2.59. The molecule has 124 valence electrons. The molecule has 0 aliphatic carbocycles. The molecule has 1 fully saturated rings. The largest absolute Gasteiger partial charge is 0.507 e. The maximum atomic E-state index is 11.9. The number of phenols is 1. The SMILES string of the molecule is O=C(C[C@@H]1NCCNC1=O)N/N=C\c1c(O)ccc2ccccc12. The summed E-state index contributed by atoms with van der Waals surface area (Å²) < 4.78 is 0. The first kappa shape index (κ1) is 15.9. The molecule has 0 aromatic heterocycles. The van der Waals surface area contributed by atoms with Gasteiger partial charge in [-0.05, 0) is 16.8 Å². The minimum Gasteiger partial charge on any atom is -0.507 e. The van der Waals surface area contributed by atoms with Crippen molar-refractivity contribution in [3.05, 3.63) is 42.0 Å². The topological polar surface area (TPSA) is 103 Å². The molecule has 2 aromatic carbocycles. The van der Waals surface area contributed by atoms with E-state index >= 15 is 0 Å². The number of benzene rings is 2. The number of amides is 2. The fourth-order valence-electron chi connectivity index (χ4n) is 2.63. The van der Waals surface area contributed by atoms with Gasteiger partial charge in [-0.15, -0.1) is 0 Å². The Morgan fingerprint density at radius 3 is 2.96 bits per heavy atom. The van der Waals surface area contributed by atoms with Crippen molar-refractivity contribution in [1.82, 2.24) is 16.1 Å². The average molecular weight is 326 g/mol. The zero-order valence-electron chi connectivity index (χ0n) is 13.0. The Hall–Kier alpha value is -2.93. The van der Waals surface area contributed by atoms with E-state index in [1.54, 1.807) is 6.07 Å². The van der Waals surface area contributed by atoms with Crippen LogP contribution in [-0.2, 0) is 9.59 Å². The number of nitrogens with one attached hydrogen (secondary N) is 3. The van der Waals surface area contributed by atoms with Crippen molar-refractivity contribution in [2.24, 2.45) is 5.10 Å². The van der Waals surface area contributed by atoms with Crippen LogP contribution < -0.4 is 16.1 Å². The van der Waals surface area contributed by atoms with E-state index in [0.717, 1.165) is 10.8 Å². The van der Waals surface area contributed by atoms with Crippen molar-refractivity contribution in [2.45, 2.75) is 12.5 Å². The van der Waals surface area contributed by atoms with Crippen LogP contribution in [0.1, 0.15) is 12.0 Å². The number of carbonyl (C=O) groups excluding carboxylic acids is 2. The quantitative estimate of drug-likeness (QED) is 0.484. The van der Waals surface area contributed by atoms with Crippen molar-refractivity contribution in [3.8, 4) is 5.75 Å². The molecule has 4 N–H and O–H groups in total. The molecular weight excluding hydrogens is 308 g/mol. The highest BCUT2D eigenvalue weighted by Gasteiger charge is 2.23. The Bertz CT molecular complexity index is 804. The van der Waals surface area contributed by atoms with E-state index in [1.165, 1.54) is 6.21 Å². The first-order chi connectivity index (χ1) is 11.6. The van der Waals surface area contributed by atoms with Gasteiger partial charge in [-0.3, -0.25) is 9.59 Å². The zero-order chi connectivity index (χ0) is 16.9. The third-order valence-electron chi connectivity index (χ3n) is 3.85. The molecule has 3 rings (SSSR count). The first-order valence-electron chi connectivity index (χ1n) is 7.69. The standard InChI is InChI=1S/C17H18N4O3/c22-15-6-5-11-3-1-2-4-12(11)13(15)10-20-21-16(23)9-14-17(24)19-8-7-18-14/h1-6,10,14,18,22H,7-9H2,(H,19,24)(H,21,23)/b20-10-/t14-/m0/s1. The molecule has 2 aromatic rings. The minimum atomic E-state index is -0.542. The van der Waals surface area contributed by atoms with Crippen LogP contribution in [0.4, 0.5) is 0 Å². The fourth-order valence-corrected chi connectivity index (χ4v) is 2.63. The van der Waals surface area contributed by atoms with Crippen LogP contribution >= 0.6 is 0 Å². The van der Waals surface area contributed by atoms with Gasteiger partial charge in [0.25, 0.3) is 0 Å². The van der Waals surface area contributed by atoms with E-state index in [1.807, 2.05) is 30.3 Å². The second-order valence-electron chi connectivity index (χ2n) is 5.51. The van der Waals surface area contributed by atoms with Gasteiger partial charge in [0.05, 0.1) is 18.7 Å². The van der Waals surface area contributed by atoms with Crippen molar-refractivity contribution in [1.29, 1.82) is 0 Å². The molecule has 0 bridgehead atoms. The van der Waals surface area contributed by atoms with Gasteiger partial charge in [0.15, 0.2) is 0 Å². The van der Waals surface area contributed by atoms with Crippen LogP contribution in [0.5, 0.6) is 5.75 Å². The van der Waals surface area contributed by atoms with Crippen molar-refractivity contribution in [3.63, 3.8) is 0 Å². The fraction of sp³-hybridized carbons (Fsp3) is 0.235. The van der Waals surface area contributed by atoms with Crippen molar-refractivity contribution >= 4 is 28.8 Å². The van der Waals surface area contributed by atoms with Crippen LogP contribution in [0, 0.1) is 0 Å². The maximum Gasteiger partial charge on any atom is 0.242 e. The minimum absolute atomic E-state index is 0.00466. The molecule has 24 heavy (non-hydrogen) atoms. The van der Waals surface area contributed by atoms with Gasteiger partial charge in [0, 0.05) is 18.7 Å². The number of rotatable bonds is 4. The predicted octanol–water partition coefficient (Wildman–Crippen LogP) is 0.474. The summed E-state index contributed by atoms with van der Waals surface area (Å²) in [5.41, 5.74) is 2.92. The normalized spacial score (nSPS) is 17.8. The summed E-state index contributed by atoms with van der Waals surface area (Å²) in [6.45, 7) is 1.20. The number of hydrazone groups is 1. The van der Waals surface area contributed by atoms with E-state index in [2.05, 4.69) is 21.2 Å². The van der Waals surface area contributed by atoms with E-state index in [-0.39, 0.29) is 24.0 Å². The van der Waals surface area contributed by atoms with Crippen LogP contribution in [0.3, 0.4) is 0 Å². The number of phenolic OH excluding ortho intramolecular Hbond substituents is 1. The molecule has 7 nitrogen and oxygen atoms in total. The Morgan fingerprint density at radius 1 is 1.29 bits per heavy atom. The zero-order valence-corrected chi connectivity index (χ0v) is 13.0. The molecule has 1 saturated heterocycles. The number of hydrogen-bond donors (Lipinski definition) is 4. The summed E-state index contributed by atoms with van der Waals surface area (Å²) in [7, 11) is 0. The molecule has 1 heterocycles. The number of aromatic hydroxyl groups is 1. The lowest BCUT2D eigenvalue weighted by atomic mass is 10.0. The van der Waals surface area contributed by atoms with Crippen LogP contribution in [0.15, 0.2) is 41.5 Å². The second kappa shape index (κ2) is 7.10. The summed E-state index contributed by atoms with van der Waals surface area (Å²) in [6, 6.07) is 10.4. The van der Waals surface area contributed by atoms with Crippen LogP contribution in [0.25, 0.3) is 10.8 Å². The lowest BCUT2D eigenvalue weighted by molar-refractivity contribution is -0.129. The van der Waals surface area contributed by atoms with Gasteiger partial charge in [0.1, 0.15) is 5.75 Å². The van der Waals surface area contributed by atoms with E-state index in [9.17, 15) is 14.7 Å². The molecule has 1 aliphatic rings. The number of hydrogen-bond acceptors (Lipinski definition) is 5. The third-order valence-corrected chi connectivity index (χ3v) is 3.85. The van der Waals surface area contributed by atoms with E-state index in [0.29, 0.717) is 18.7 Å². The highest BCUT2D eigenvalue weighted by molar-refractivity contribution is 6.02. The number of nitrogens with zero attached hydrogens (tertiary/aromatic N) is 1. The molecule has 0 spiro atoms. The third kappa shape index (κ3) is 3.52. The van der Waals surface area contributed by atoms with Crippen molar-refractivity contribution < 1.29 is 14.7 Å². The summed E-state index contributed by atoms with van der Waals surface area (Å²) in [6.07, 6.45) is 1.41. The first-order valence-corrected chi connectivity index (χ1v) is 7.69. The summed E-state index contributed by atoms with van der Waals surface area (Å²) in [5.74, 6) is -0.479. The summed E-state index contributed by atoms with van der Waals surface area (Å²) in [4.78, 5) is 23.5. The Labute approximate surface area is 138 Å². The number of piperazine rings is 1. The Balaban J connectivity index is 1.67. The molecule has 7 heteroatoms. The Morgan fingerprint density at radius 2 is 2.12 bits per heavy atom. The lowest BCUT2D eigenvalue weighted by Gasteiger charge is -2.22. The highest BCUT2D eigenvalue weighted by Crippen LogP contribution is 2.25. The van der Waals surface area contributed by atoms with Gasteiger partial charge in [0.2, 0.25) is 11.8 Å². The van der Waals surface area contributed by atoms with E-state index in [4.69, 9.17) is 0 Å². The monoisotopic (exact) mass is 326 g/mol. The molecule has 2 amide bonds. The van der Waals surface area contributed by atoms with Crippen LogP contribution in [-0.4, -0.2) is 42.3 Å². The second-order valence-corrected chi connectivity index (χ2v) is 5.51. The molecule has 1 aliphatic heterocycles. The predicted molar refractivity (Wildman–Crippen MR) is 90.8 cm³/mol. The number of carbonyl (C=O) groups is 2. The molecule has 0 unspecified atom stereocenters. The summed E-state index contributed by atoms with van der Waals surface area (Å²) in [5, 5.41) is 21.4. The highest BCUT2D eigenvalue weighted by atomic mass is 16.3. The van der Waals surface area contributed by atoms with Crippen LogP contribution in [0.2, 0.25) is 0 Å². The lowest BCUT2D eigenvalue weighted by Crippen LogP contribution is -2.54. The van der Waals surface area contributed by atoms with Gasteiger partial charge in [-0.2, -0.15) is 5.10 Å². The maximum absolute atomic E-state index is 11.9. The van der Waals surface area contributed by atoms with E-state index < -0.39 is 6.04 Å². The Kier molecular flexibility index (Phi) is 4.72. The van der Waals surface area contributed by atoms with Gasteiger partial charge < -0.3 is 15.7 Å². The van der Waals surface area contributed by atoms with Crippen molar-refractivity contribution in [2.75, 3.05) is 13.1 Å². The van der Waals surface area contributed by atoms with Gasteiger partial charge in [-0.25, -0.2) is 5.43 Å². The molecule has 0 saturated carbocycles. The number of fused-ring (bicyclic) bond motifs is 1. The molecular formula is C17H18N4O3. The van der Waals surface area contributed by atoms with Gasteiger partial charge >= 0.3 is 0 Å². The molecule has 0 radical (unpaired) electrons. The summed E-state index contributed by atoms with van der Waals surface area (Å²) >= 11 is 0. The smallest absolute Gasteiger partial charge is 0.242 e.